The van der Waals surface area contributed by atoms with Gasteiger partial charge in [0.25, 0.3) is 5.91 Å². The van der Waals surface area contributed by atoms with Crippen molar-refractivity contribution in [1.82, 2.24) is 19.9 Å². The van der Waals surface area contributed by atoms with Crippen LogP contribution in [-0.4, -0.2) is 31.8 Å². The minimum Gasteiger partial charge on any atom is -0.332 e. The predicted octanol–water partition coefficient (Wildman–Crippen LogP) is 4.61. The number of benzene rings is 1. The van der Waals surface area contributed by atoms with Crippen molar-refractivity contribution in [1.29, 1.82) is 0 Å². The lowest BCUT2D eigenvalue weighted by molar-refractivity contribution is 0.0730. The molecule has 0 N–H and O–H groups in total. The van der Waals surface area contributed by atoms with Gasteiger partial charge in [0.2, 0.25) is 0 Å². The largest absolute Gasteiger partial charge is 0.332 e. The zero-order chi connectivity index (χ0) is 19.7. The van der Waals surface area contributed by atoms with E-state index >= 15 is 0 Å². The summed E-state index contributed by atoms with van der Waals surface area (Å²) in [7, 11) is 0. The second kappa shape index (κ2) is 7.35. The Bertz CT molecular complexity index is 963. The van der Waals surface area contributed by atoms with Gasteiger partial charge in [-0.15, -0.1) is 5.10 Å². The van der Waals surface area contributed by atoms with Gasteiger partial charge in [-0.3, -0.25) is 4.79 Å². The van der Waals surface area contributed by atoms with E-state index in [4.69, 9.17) is 0 Å². The number of fused-ring (bicyclic) bond motifs is 1. The van der Waals surface area contributed by atoms with Crippen LogP contribution in [0.15, 0.2) is 48.6 Å². The lowest BCUT2D eigenvalue weighted by atomic mass is 10.0. The molecule has 0 spiro atoms. The smallest absolute Gasteiger partial charge is 0.254 e. The standard InChI is InChI=1S/C22H26N4O/c1-7-15(4)8-9-16(5)26-17(6)21(23-24-26)18-10-11-20-19(12-18)13-25(14(2)3)22(20)27/h7-12,14H,5,13H2,1-4,6H3/b9-8-,15-7-. The van der Waals surface area contributed by atoms with Crippen LogP contribution in [0.25, 0.3) is 17.0 Å². The van der Waals surface area contributed by atoms with Crippen LogP contribution in [0.4, 0.5) is 0 Å². The van der Waals surface area contributed by atoms with Crippen molar-refractivity contribution in [3.63, 3.8) is 0 Å². The van der Waals surface area contributed by atoms with Crippen LogP contribution >= 0.6 is 0 Å². The van der Waals surface area contributed by atoms with Gasteiger partial charge in [-0.1, -0.05) is 35.6 Å². The summed E-state index contributed by atoms with van der Waals surface area (Å²) in [6.45, 7) is 14.8. The first-order valence-electron chi connectivity index (χ1n) is 9.20. The minimum absolute atomic E-state index is 0.102. The van der Waals surface area contributed by atoms with Crippen molar-refractivity contribution in [3.8, 4) is 11.3 Å². The van der Waals surface area contributed by atoms with E-state index < -0.39 is 0 Å². The van der Waals surface area contributed by atoms with Crippen molar-refractivity contribution in [3.05, 3.63) is 65.4 Å². The maximum absolute atomic E-state index is 12.5. The van der Waals surface area contributed by atoms with Gasteiger partial charge >= 0.3 is 0 Å². The molecule has 3 rings (SSSR count). The third-order valence-corrected chi connectivity index (χ3v) is 4.99. The van der Waals surface area contributed by atoms with E-state index in [9.17, 15) is 4.79 Å². The summed E-state index contributed by atoms with van der Waals surface area (Å²) in [5, 5.41) is 8.62. The Kier molecular flexibility index (Phi) is 5.13. The number of aromatic nitrogens is 3. The van der Waals surface area contributed by atoms with Gasteiger partial charge in [-0.2, -0.15) is 0 Å². The molecule has 1 aromatic heterocycles. The van der Waals surface area contributed by atoms with E-state index in [-0.39, 0.29) is 11.9 Å². The van der Waals surface area contributed by atoms with E-state index in [0.29, 0.717) is 6.54 Å². The van der Waals surface area contributed by atoms with Crippen molar-refractivity contribution in [2.24, 2.45) is 0 Å². The number of hydrogen-bond acceptors (Lipinski definition) is 3. The Labute approximate surface area is 160 Å². The van der Waals surface area contributed by atoms with Crippen molar-refractivity contribution in [2.45, 2.75) is 47.2 Å². The summed E-state index contributed by atoms with van der Waals surface area (Å²) in [5.41, 5.74) is 6.45. The maximum Gasteiger partial charge on any atom is 0.254 e. The van der Waals surface area contributed by atoms with Gasteiger partial charge in [0.05, 0.1) is 11.4 Å². The normalized spacial score (nSPS) is 14.5. The number of amides is 1. The molecule has 1 aliphatic rings. The number of nitrogens with zero attached hydrogens (tertiary/aromatic N) is 4. The third kappa shape index (κ3) is 3.50. The molecule has 0 saturated heterocycles. The first-order valence-corrected chi connectivity index (χ1v) is 9.20. The molecule has 0 saturated carbocycles. The average molecular weight is 362 g/mol. The highest BCUT2D eigenvalue weighted by Crippen LogP contribution is 2.30. The predicted molar refractivity (Wildman–Crippen MR) is 109 cm³/mol. The number of carbonyl (C=O) groups excluding carboxylic acids is 1. The fourth-order valence-electron chi connectivity index (χ4n) is 3.17. The Morgan fingerprint density at radius 3 is 2.70 bits per heavy atom. The SMILES string of the molecule is C=C(/C=C\C(C)=C/C)n1nnc(-c2ccc3c(c2)CN(C(C)C)C3=O)c1C. The van der Waals surface area contributed by atoms with Gasteiger partial charge in [-0.05, 0) is 58.4 Å². The van der Waals surface area contributed by atoms with E-state index in [1.807, 2.05) is 69.9 Å². The molecular weight excluding hydrogens is 336 g/mol. The highest BCUT2D eigenvalue weighted by Gasteiger charge is 2.29. The molecule has 0 bridgehead atoms. The summed E-state index contributed by atoms with van der Waals surface area (Å²) in [5.74, 6) is 0.102. The Morgan fingerprint density at radius 1 is 1.30 bits per heavy atom. The summed E-state index contributed by atoms with van der Waals surface area (Å²) < 4.78 is 1.74. The fourth-order valence-corrected chi connectivity index (χ4v) is 3.17. The zero-order valence-corrected chi connectivity index (χ0v) is 16.7. The van der Waals surface area contributed by atoms with Crippen molar-refractivity contribution >= 4 is 11.6 Å². The summed E-state index contributed by atoms with van der Waals surface area (Å²) in [6.07, 6.45) is 5.98. The summed E-state index contributed by atoms with van der Waals surface area (Å²) >= 11 is 0. The van der Waals surface area contributed by atoms with E-state index in [1.165, 1.54) is 0 Å². The molecule has 1 aromatic carbocycles. The maximum atomic E-state index is 12.5. The zero-order valence-electron chi connectivity index (χ0n) is 16.7. The third-order valence-electron chi connectivity index (χ3n) is 4.99. The van der Waals surface area contributed by atoms with Crippen LogP contribution in [0.1, 0.15) is 49.3 Å². The van der Waals surface area contributed by atoms with Crippen LogP contribution in [-0.2, 0) is 6.54 Å². The monoisotopic (exact) mass is 362 g/mol. The Hall–Kier alpha value is -2.95. The van der Waals surface area contributed by atoms with E-state index in [0.717, 1.165) is 39.3 Å². The molecule has 0 aliphatic carbocycles. The summed E-state index contributed by atoms with van der Waals surface area (Å²) in [4.78, 5) is 14.4. The molecule has 140 valence electrons. The van der Waals surface area contributed by atoms with E-state index in [1.54, 1.807) is 4.68 Å². The molecular formula is C22H26N4O. The fraction of sp³-hybridized carbons (Fsp3) is 0.318. The topological polar surface area (TPSA) is 51.0 Å². The van der Waals surface area contributed by atoms with Crippen molar-refractivity contribution in [2.75, 3.05) is 0 Å². The second-order valence-electron chi connectivity index (χ2n) is 7.19. The number of rotatable bonds is 5. The van der Waals surface area contributed by atoms with Gasteiger partial charge in [0.15, 0.2) is 0 Å². The Morgan fingerprint density at radius 2 is 2.04 bits per heavy atom. The lowest BCUT2D eigenvalue weighted by Gasteiger charge is -2.19. The van der Waals surface area contributed by atoms with Crippen LogP contribution in [0.2, 0.25) is 0 Å². The lowest BCUT2D eigenvalue weighted by Crippen LogP contribution is -2.30. The van der Waals surface area contributed by atoms with E-state index in [2.05, 4.69) is 23.0 Å². The van der Waals surface area contributed by atoms with Crippen LogP contribution < -0.4 is 0 Å². The van der Waals surface area contributed by atoms with Gasteiger partial charge in [0, 0.05) is 23.7 Å². The molecule has 1 aliphatic heterocycles. The number of allylic oxidation sites excluding steroid dienone is 5. The molecule has 5 heteroatoms. The van der Waals surface area contributed by atoms with Gasteiger partial charge in [0.1, 0.15) is 5.69 Å². The van der Waals surface area contributed by atoms with Crippen LogP contribution in [0.3, 0.4) is 0 Å². The number of hydrogen-bond donors (Lipinski definition) is 0. The molecule has 2 aromatic rings. The first kappa shape index (κ1) is 18.8. The molecule has 0 radical (unpaired) electrons. The molecule has 5 nitrogen and oxygen atoms in total. The minimum atomic E-state index is 0.102. The molecule has 0 unspecified atom stereocenters. The van der Waals surface area contributed by atoms with Crippen LogP contribution in [0, 0.1) is 6.92 Å². The molecule has 0 atom stereocenters. The average Bonchev–Trinajstić information content (AvgIpc) is 3.19. The Balaban J connectivity index is 1.91. The molecule has 1 amide bonds. The molecule has 27 heavy (non-hydrogen) atoms. The van der Waals surface area contributed by atoms with Gasteiger partial charge in [-0.25, -0.2) is 4.68 Å². The second-order valence-corrected chi connectivity index (χ2v) is 7.19. The number of carbonyl (C=O) groups is 1. The summed E-state index contributed by atoms with van der Waals surface area (Å²) in [6, 6.07) is 6.09. The molecule has 0 fully saturated rings. The van der Waals surface area contributed by atoms with Crippen LogP contribution in [0.5, 0.6) is 0 Å². The quantitative estimate of drug-likeness (QED) is 0.730. The highest BCUT2D eigenvalue weighted by molar-refractivity contribution is 5.99. The first-order chi connectivity index (χ1) is 12.8. The van der Waals surface area contributed by atoms with Crippen molar-refractivity contribution < 1.29 is 4.79 Å². The molecule has 2 heterocycles. The van der Waals surface area contributed by atoms with Gasteiger partial charge < -0.3 is 4.90 Å². The highest BCUT2D eigenvalue weighted by atomic mass is 16.2.